The molecular formula is C12H15F2NO3. The summed E-state index contributed by atoms with van der Waals surface area (Å²) >= 11 is 0. The molecule has 0 heterocycles. The predicted molar refractivity (Wildman–Crippen MR) is 61.1 cm³/mol. The van der Waals surface area contributed by atoms with E-state index in [0.29, 0.717) is 18.7 Å². The highest BCUT2D eigenvalue weighted by atomic mass is 19.1. The van der Waals surface area contributed by atoms with Gasteiger partial charge in [0.1, 0.15) is 11.6 Å². The van der Waals surface area contributed by atoms with Crippen LogP contribution in [0.1, 0.15) is 5.56 Å². The van der Waals surface area contributed by atoms with E-state index in [1.807, 2.05) is 0 Å². The fraction of sp³-hybridized carbons (Fsp3) is 0.417. The minimum atomic E-state index is -0.997. The molecule has 0 unspecified atom stereocenters. The fourth-order valence-corrected chi connectivity index (χ4v) is 1.59. The predicted octanol–water partition coefficient (Wildman–Crippen LogP) is 1.50. The van der Waals surface area contributed by atoms with Gasteiger partial charge in [0, 0.05) is 26.3 Å². The molecule has 0 aromatic heterocycles. The Kier molecular flexibility index (Phi) is 5.67. The summed E-state index contributed by atoms with van der Waals surface area (Å²) in [5.41, 5.74) is 0.393. The second-order valence-electron chi connectivity index (χ2n) is 3.87. The Morgan fingerprint density at radius 3 is 2.44 bits per heavy atom. The molecule has 0 aliphatic heterocycles. The molecule has 1 aromatic carbocycles. The van der Waals surface area contributed by atoms with Gasteiger partial charge in [-0.2, -0.15) is 0 Å². The summed E-state index contributed by atoms with van der Waals surface area (Å²) in [6.45, 7) is 0.678. The monoisotopic (exact) mass is 259 g/mol. The Labute approximate surface area is 104 Å². The van der Waals surface area contributed by atoms with Crippen LogP contribution in [0, 0.1) is 11.6 Å². The molecule has 100 valence electrons. The van der Waals surface area contributed by atoms with Crippen molar-refractivity contribution in [1.29, 1.82) is 0 Å². The van der Waals surface area contributed by atoms with E-state index in [2.05, 4.69) is 0 Å². The number of carboxylic acids is 1. The summed E-state index contributed by atoms with van der Waals surface area (Å²) in [6, 6.07) is 3.15. The number of ether oxygens (including phenoxy) is 1. The van der Waals surface area contributed by atoms with E-state index < -0.39 is 17.6 Å². The number of carboxylic acid groups (broad SMARTS) is 1. The molecule has 0 spiro atoms. The highest BCUT2D eigenvalue weighted by molar-refractivity contribution is 5.69. The molecule has 1 N–H and O–H groups in total. The van der Waals surface area contributed by atoms with Crippen molar-refractivity contribution >= 4 is 5.97 Å². The van der Waals surface area contributed by atoms with E-state index >= 15 is 0 Å². The Hall–Kier alpha value is -1.53. The number of nitrogens with zero attached hydrogens (tertiary/aromatic N) is 1. The Morgan fingerprint density at radius 2 is 1.94 bits per heavy atom. The first-order chi connectivity index (χ1) is 8.51. The summed E-state index contributed by atoms with van der Waals surface area (Å²) < 4.78 is 30.8. The number of methoxy groups -OCH3 is 1. The molecule has 0 radical (unpaired) electrons. The molecule has 1 rings (SSSR count). The number of benzene rings is 1. The number of rotatable bonds is 7. The molecule has 0 aliphatic rings. The van der Waals surface area contributed by atoms with Gasteiger partial charge in [-0.05, 0) is 17.7 Å². The number of hydrogen-bond donors (Lipinski definition) is 1. The maximum atomic E-state index is 13.0. The van der Waals surface area contributed by atoms with Crippen LogP contribution in [0.15, 0.2) is 18.2 Å². The fourth-order valence-electron chi connectivity index (χ4n) is 1.59. The van der Waals surface area contributed by atoms with Crippen LogP contribution in [-0.4, -0.2) is 42.8 Å². The van der Waals surface area contributed by atoms with Crippen LogP contribution in [-0.2, 0) is 16.1 Å². The van der Waals surface area contributed by atoms with Crippen LogP contribution in [0.5, 0.6) is 0 Å². The third-order valence-corrected chi connectivity index (χ3v) is 2.30. The standard InChI is InChI=1S/C12H15F2NO3/c1-18-3-2-15(8-12(16)17)7-9-4-10(13)6-11(14)5-9/h4-6H,2-3,7-8H2,1H3,(H,16,17). The smallest absolute Gasteiger partial charge is 0.317 e. The summed E-state index contributed by atoms with van der Waals surface area (Å²) in [6.07, 6.45) is 0. The van der Waals surface area contributed by atoms with Crippen LogP contribution < -0.4 is 0 Å². The SMILES string of the molecule is COCCN(CC(=O)O)Cc1cc(F)cc(F)c1. The molecule has 18 heavy (non-hydrogen) atoms. The number of hydrogen-bond acceptors (Lipinski definition) is 3. The van der Waals surface area contributed by atoms with Crippen LogP contribution in [0.25, 0.3) is 0 Å². The third-order valence-electron chi connectivity index (χ3n) is 2.30. The van der Waals surface area contributed by atoms with Gasteiger partial charge in [-0.25, -0.2) is 8.78 Å². The largest absolute Gasteiger partial charge is 0.480 e. The van der Waals surface area contributed by atoms with E-state index in [4.69, 9.17) is 9.84 Å². The average molecular weight is 259 g/mol. The van der Waals surface area contributed by atoms with E-state index in [0.717, 1.165) is 6.07 Å². The zero-order valence-electron chi connectivity index (χ0n) is 10.0. The van der Waals surface area contributed by atoms with E-state index in [9.17, 15) is 13.6 Å². The summed E-state index contributed by atoms with van der Waals surface area (Å²) in [7, 11) is 1.50. The zero-order chi connectivity index (χ0) is 13.5. The third kappa shape index (κ3) is 5.20. The van der Waals surface area contributed by atoms with E-state index in [-0.39, 0.29) is 13.1 Å². The van der Waals surface area contributed by atoms with Gasteiger partial charge in [-0.1, -0.05) is 0 Å². The van der Waals surface area contributed by atoms with Gasteiger partial charge >= 0.3 is 5.97 Å². The first-order valence-corrected chi connectivity index (χ1v) is 5.39. The molecule has 0 atom stereocenters. The maximum absolute atomic E-state index is 13.0. The van der Waals surface area contributed by atoms with Crippen LogP contribution >= 0.6 is 0 Å². The highest BCUT2D eigenvalue weighted by Gasteiger charge is 2.11. The van der Waals surface area contributed by atoms with Crippen LogP contribution in [0.3, 0.4) is 0 Å². The Bertz CT molecular complexity index is 392. The van der Waals surface area contributed by atoms with Gasteiger partial charge < -0.3 is 9.84 Å². The molecule has 0 fully saturated rings. The van der Waals surface area contributed by atoms with Gasteiger partial charge in [0.2, 0.25) is 0 Å². The van der Waals surface area contributed by atoms with Crippen molar-refractivity contribution in [2.24, 2.45) is 0 Å². The lowest BCUT2D eigenvalue weighted by atomic mass is 10.2. The van der Waals surface area contributed by atoms with Gasteiger partial charge in [0.05, 0.1) is 13.2 Å². The molecular weight excluding hydrogens is 244 g/mol. The molecule has 0 aliphatic carbocycles. The van der Waals surface area contributed by atoms with Crippen molar-refractivity contribution in [2.45, 2.75) is 6.54 Å². The molecule has 4 nitrogen and oxygen atoms in total. The normalized spacial score (nSPS) is 10.9. The minimum absolute atomic E-state index is 0.157. The summed E-state index contributed by atoms with van der Waals surface area (Å²) in [5, 5.41) is 8.74. The molecule has 0 amide bonds. The van der Waals surface area contributed by atoms with E-state index in [1.165, 1.54) is 19.2 Å². The molecule has 6 heteroatoms. The quantitative estimate of drug-likeness (QED) is 0.806. The lowest BCUT2D eigenvalue weighted by molar-refractivity contribution is -0.138. The van der Waals surface area contributed by atoms with Crippen molar-refractivity contribution in [3.05, 3.63) is 35.4 Å². The Morgan fingerprint density at radius 1 is 1.33 bits per heavy atom. The number of halogens is 2. The maximum Gasteiger partial charge on any atom is 0.317 e. The second kappa shape index (κ2) is 7.03. The van der Waals surface area contributed by atoms with Crippen LogP contribution in [0.2, 0.25) is 0 Å². The molecule has 0 saturated heterocycles. The average Bonchev–Trinajstić information content (AvgIpc) is 2.23. The van der Waals surface area contributed by atoms with Gasteiger partial charge in [0.15, 0.2) is 0 Å². The zero-order valence-corrected chi connectivity index (χ0v) is 10.0. The van der Waals surface area contributed by atoms with E-state index in [1.54, 1.807) is 4.90 Å². The first-order valence-electron chi connectivity index (χ1n) is 5.39. The van der Waals surface area contributed by atoms with Gasteiger partial charge in [0.25, 0.3) is 0 Å². The minimum Gasteiger partial charge on any atom is -0.480 e. The van der Waals surface area contributed by atoms with Crippen molar-refractivity contribution in [1.82, 2.24) is 4.90 Å². The molecule has 0 saturated carbocycles. The Balaban J connectivity index is 2.71. The molecule has 0 bridgehead atoms. The van der Waals surface area contributed by atoms with Crippen LogP contribution in [0.4, 0.5) is 8.78 Å². The second-order valence-corrected chi connectivity index (χ2v) is 3.87. The highest BCUT2D eigenvalue weighted by Crippen LogP contribution is 2.10. The first kappa shape index (κ1) is 14.5. The van der Waals surface area contributed by atoms with Crippen molar-refractivity contribution < 1.29 is 23.4 Å². The van der Waals surface area contributed by atoms with Gasteiger partial charge in [-0.15, -0.1) is 0 Å². The summed E-state index contributed by atoms with van der Waals surface area (Å²) in [4.78, 5) is 12.2. The van der Waals surface area contributed by atoms with Crippen molar-refractivity contribution in [3.8, 4) is 0 Å². The van der Waals surface area contributed by atoms with Crippen molar-refractivity contribution in [3.63, 3.8) is 0 Å². The lowest BCUT2D eigenvalue weighted by Gasteiger charge is -2.19. The summed E-state index contributed by atoms with van der Waals surface area (Å²) in [5.74, 6) is -2.35. The number of carbonyl (C=O) groups is 1. The lowest BCUT2D eigenvalue weighted by Crippen LogP contribution is -2.32. The van der Waals surface area contributed by atoms with Crippen molar-refractivity contribution in [2.75, 3.05) is 26.8 Å². The molecule has 1 aromatic rings. The number of aliphatic carboxylic acids is 1. The topological polar surface area (TPSA) is 49.8 Å². The van der Waals surface area contributed by atoms with Gasteiger partial charge in [-0.3, -0.25) is 9.69 Å².